The lowest BCUT2D eigenvalue weighted by molar-refractivity contribution is 0.0544. The molecule has 1 aliphatic heterocycles. The first kappa shape index (κ1) is 22.8. The molecule has 4 N–H and O–H groups in total. The number of hydrogen-bond acceptors (Lipinski definition) is 7. The predicted molar refractivity (Wildman–Crippen MR) is 118 cm³/mol. The van der Waals surface area contributed by atoms with Crippen LogP contribution in [0, 0.1) is 0 Å². The maximum Gasteiger partial charge on any atom is 0.469 e. The number of nitrogens with zero attached hydrogens (tertiary/aromatic N) is 1. The Kier molecular flexibility index (Phi) is 6.06. The van der Waals surface area contributed by atoms with Crippen LogP contribution in [-0.4, -0.2) is 51.1 Å². The fourth-order valence-electron chi connectivity index (χ4n) is 4.16. The van der Waals surface area contributed by atoms with Gasteiger partial charge in [-0.15, -0.1) is 0 Å². The summed E-state index contributed by atoms with van der Waals surface area (Å²) in [6, 6.07) is 8.94. The summed E-state index contributed by atoms with van der Waals surface area (Å²) in [6.45, 7) is 0.716. The van der Waals surface area contributed by atoms with E-state index in [0.29, 0.717) is 23.6 Å². The number of hydrogen-bond donors (Lipinski definition) is 4. The van der Waals surface area contributed by atoms with E-state index in [2.05, 4.69) is 0 Å². The second-order valence-corrected chi connectivity index (χ2v) is 9.38. The molecule has 1 saturated heterocycles. The molecular formula is C21H21ClNO8P. The second kappa shape index (κ2) is 8.51. The van der Waals surface area contributed by atoms with Gasteiger partial charge in [-0.25, -0.2) is 4.57 Å². The van der Waals surface area contributed by atoms with Crippen molar-refractivity contribution in [3.63, 3.8) is 0 Å². The molecule has 4 rings (SSSR count). The minimum absolute atomic E-state index is 0.0845. The summed E-state index contributed by atoms with van der Waals surface area (Å²) >= 11 is 6.25. The fraction of sp³-hybridized carbons (Fsp3) is 0.286. The highest BCUT2D eigenvalue weighted by Crippen LogP contribution is 2.47. The molecule has 0 saturated carbocycles. The van der Waals surface area contributed by atoms with Gasteiger partial charge in [-0.3, -0.25) is 9.32 Å². The highest BCUT2D eigenvalue weighted by Gasteiger charge is 2.38. The molecule has 1 unspecified atom stereocenters. The third-order valence-electron chi connectivity index (χ3n) is 5.54. The van der Waals surface area contributed by atoms with Crippen molar-refractivity contribution in [3.05, 3.63) is 57.2 Å². The second-order valence-electron chi connectivity index (χ2n) is 7.78. The van der Waals surface area contributed by atoms with Gasteiger partial charge in [-0.2, -0.15) is 0 Å². The lowest BCUT2D eigenvalue weighted by atomic mass is 9.85. The molecule has 11 heteroatoms. The smallest absolute Gasteiger partial charge is 0.469 e. The topological polar surface area (TPSA) is 141 Å². The van der Waals surface area contributed by atoms with Crippen molar-refractivity contribution in [1.29, 1.82) is 0 Å². The summed E-state index contributed by atoms with van der Waals surface area (Å²) in [4.78, 5) is 33.5. The van der Waals surface area contributed by atoms with E-state index in [1.807, 2.05) is 4.90 Å². The average Bonchev–Trinajstić information content (AvgIpc) is 2.68. The molecule has 1 fully saturated rings. The van der Waals surface area contributed by atoms with Crippen LogP contribution in [0.2, 0.25) is 5.02 Å². The average molecular weight is 482 g/mol. The van der Waals surface area contributed by atoms with Crippen LogP contribution in [0.1, 0.15) is 17.9 Å². The van der Waals surface area contributed by atoms with Crippen molar-refractivity contribution < 1.29 is 33.5 Å². The van der Waals surface area contributed by atoms with Crippen LogP contribution in [-0.2, 0) is 9.09 Å². The quantitative estimate of drug-likeness (QED) is 0.412. The van der Waals surface area contributed by atoms with Gasteiger partial charge >= 0.3 is 7.82 Å². The minimum atomic E-state index is -4.84. The van der Waals surface area contributed by atoms with Gasteiger partial charge in [-0.1, -0.05) is 23.7 Å². The van der Waals surface area contributed by atoms with E-state index in [9.17, 15) is 29.4 Å². The molecule has 3 aromatic rings. The highest BCUT2D eigenvalue weighted by molar-refractivity contribution is 7.46. The molecule has 0 bridgehead atoms. The van der Waals surface area contributed by atoms with Crippen LogP contribution in [0.25, 0.3) is 22.3 Å². The fourth-order valence-corrected chi connectivity index (χ4v) is 4.95. The molecule has 0 amide bonds. The number of aromatic hydroxyl groups is 2. The number of benzene rings is 2. The summed E-state index contributed by atoms with van der Waals surface area (Å²) in [7, 11) is -3.07. The summed E-state index contributed by atoms with van der Waals surface area (Å²) in [5.41, 5.74) is -0.0669. The number of piperidine rings is 1. The maximum absolute atomic E-state index is 12.9. The molecule has 2 aromatic carbocycles. The van der Waals surface area contributed by atoms with Gasteiger partial charge in [0.1, 0.15) is 28.2 Å². The third-order valence-corrected chi connectivity index (χ3v) is 6.42. The largest absolute Gasteiger partial charge is 0.507 e. The molecule has 0 spiro atoms. The van der Waals surface area contributed by atoms with Crippen LogP contribution >= 0.6 is 19.4 Å². The van der Waals surface area contributed by atoms with Gasteiger partial charge in [0.25, 0.3) is 0 Å². The molecule has 170 valence electrons. The van der Waals surface area contributed by atoms with Crippen LogP contribution in [0.5, 0.6) is 11.5 Å². The first-order chi connectivity index (χ1) is 15.0. The molecule has 2 heterocycles. The van der Waals surface area contributed by atoms with Crippen LogP contribution in [0.15, 0.2) is 45.6 Å². The number of fused-ring (bicyclic) bond motifs is 1. The van der Waals surface area contributed by atoms with Gasteiger partial charge in [0.15, 0.2) is 5.43 Å². The molecule has 2 atom stereocenters. The standard InChI is InChI=1S/C21H21ClNO8P/c1-23-7-6-12(18(10-23)31-32(27,28)29)19-14(24)8-15(25)20-16(26)9-17(30-21(19)20)11-4-2-3-5-13(11)22/h2-5,8-9,12,18,24-25H,6-7,10H2,1H3,(H2,27,28,29)/t12-,18?/m0/s1. The zero-order valence-electron chi connectivity index (χ0n) is 16.9. The van der Waals surface area contributed by atoms with Crippen molar-refractivity contribution >= 4 is 30.4 Å². The Bertz CT molecular complexity index is 1290. The van der Waals surface area contributed by atoms with Gasteiger partial charge in [0.2, 0.25) is 0 Å². The first-order valence-electron chi connectivity index (χ1n) is 9.75. The van der Waals surface area contributed by atoms with E-state index in [1.54, 1.807) is 31.3 Å². The first-order valence-corrected chi connectivity index (χ1v) is 11.7. The minimum Gasteiger partial charge on any atom is -0.507 e. The van der Waals surface area contributed by atoms with Crippen molar-refractivity contribution in [3.8, 4) is 22.8 Å². The van der Waals surface area contributed by atoms with E-state index in [1.165, 1.54) is 6.07 Å². The summed E-state index contributed by atoms with van der Waals surface area (Å²) in [5, 5.41) is 21.3. The molecule has 0 radical (unpaired) electrons. The lowest BCUT2D eigenvalue weighted by Crippen LogP contribution is -2.41. The van der Waals surface area contributed by atoms with Crippen LogP contribution in [0.3, 0.4) is 0 Å². The maximum atomic E-state index is 12.9. The number of phenolic OH excluding ortho intramolecular Hbond substituents is 2. The van der Waals surface area contributed by atoms with E-state index in [-0.39, 0.29) is 34.6 Å². The van der Waals surface area contributed by atoms with E-state index < -0.39 is 31.0 Å². The number of phenols is 2. The number of phosphoric ester groups is 1. The summed E-state index contributed by atoms with van der Waals surface area (Å²) in [5.74, 6) is -1.43. The van der Waals surface area contributed by atoms with Gasteiger partial charge in [-0.05, 0) is 32.1 Å². The SMILES string of the molecule is CN1CC[C@H](c2c(O)cc(O)c3c(=O)cc(-c4ccccc4Cl)oc23)C(OP(=O)(O)O)C1. The molecule has 9 nitrogen and oxygen atoms in total. The number of rotatable bonds is 4. The number of likely N-dealkylation sites (tertiary alicyclic amines) is 1. The Hall–Kier alpha value is -2.39. The van der Waals surface area contributed by atoms with Gasteiger partial charge in [0.05, 0.1) is 11.1 Å². The Morgan fingerprint density at radius 1 is 1.19 bits per heavy atom. The van der Waals surface area contributed by atoms with E-state index >= 15 is 0 Å². The van der Waals surface area contributed by atoms with E-state index in [0.717, 1.165) is 6.07 Å². The molecule has 1 aliphatic rings. The number of phosphoric acid groups is 1. The van der Waals surface area contributed by atoms with Crippen LogP contribution in [0.4, 0.5) is 0 Å². The molecule has 32 heavy (non-hydrogen) atoms. The Morgan fingerprint density at radius 2 is 1.91 bits per heavy atom. The molecule has 1 aromatic heterocycles. The van der Waals surface area contributed by atoms with Gasteiger partial charge < -0.3 is 29.3 Å². The Labute approximate surface area is 187 Å². The number of halogens is 1. The zero-order valence-corrected chi connectivity index (χ0v) is 18.6. The van der Waals surface area contributed by atoms with Crippen molar-refractivity contribution in [2.75, 3.05) is 20.1 Å². The molecular weight excluding hydrogens is 461 g/mol. The van der Waals surface area contributed by atoms with Gasteiger partial charge in [0, 0.05) is 35.7 Å². The van der Waals surface area contributed by atoms with Crippen molar-refractivity contribution in [1.82, 2.24) is 4.90 Å². The Morgan fingerprint density at radius 3 is 2.59 bits per heavy atom. The Balaban J connectivity index is 1.97. The summed E-state index contributed by atoms with van der Waals surface area (Å²) < 4.78 is 22.6. The normalized spacial score (nSPS) is 20.0. The predicted octanol–water partition coefficient (Wildman–Crippen LogP) is 3.42. The third kappa shape index (κ3) is 4.41. The van der Waals surface area contributed by atoms with E-state index in [4.69, 9.17) is 20.5 Å². The number of likely N-dealkylation sites (N-methyl/N-ethyl adjacent to an activating group) is 1. The van der Waals surface area contributed by atoms with Crippen molar-refractivity contribution in [2.24, 2.45) is 0 Å². The summed E-state index contributed by atoms with van der Waals surface area (Å²) in [6.07, 6.45) is -0.642. The lowest BCUT2D eigenvalue weighted by Gasteiger charge is -2.36. The van der Waals surface area contributed by atoms with Crippen molar-refractivity contribution in [2.45, 2.75) is 18.4 Å². The highest BCUT2D eigenvalue weighted by atomic mass is 35.5. The zero-order chi connectivity index (χ0) is 23.2. The molecule has 0 aliphatic carbocycles. The van der Waals surface area contributed by atoms with Crippen LogP contribution < -0.4 is 5.43 Å². The monoisotopic (exact) mass is 481 g/mol.